The normalized spacial score (nSPS) is 14.3. The first-order chi connectivity index (χ1) is 22.9. The fourth-order valence-corrected chi connectivity index (χ4v) is 5.83. The molecule has 250 valence electrons. The van der Waals surface area contributed by atoms with Gasteiger partial charge in [0.15, 0.2) is 12.1 Å². The Labute approximate surface area is 287 Å². The summed E-state index contributed by atoms with van der Waals surface area (Å²) in [5.41, 5.74) is 2.16. The van der Waals surface area contributed by atoms with Gasteiger partial charge in [0, 0.05) is 41.9 Å². The summed E-state index contributed by atoms with van der Waals surface area (Å²) < 4.78 is 26.1. The molecule has 1 atom stereocenters. The molecule has 48 heavy (non-hydrogen) atoms. The third-order valence-electron chi connectivity index (χ3n) is 7.51. The Bertz CT molecular complexity index is 1870. The lowest BCUT2D eigenvalue weighted by Crippen LogP contribution is -2.43. The minimum absolute atomic E-state index is 0.0520. The standard InChI is InChI=1S/C35H34Cl2FN5O5/c1-35(2,3)48-34(46)43(18-22-12-14-28(45)40-22)17-20-11-13-25(42-33(20)47-4)23-15-16-39-32(30(23)37)24-8-6-9-26(29(24)36)41-27-10-5-7-21(19-44)31(27)38/h5-11,13,15-16,19,22,41H,12,14,17-18H2,1-4H3,(H,40,45)/t22-/m0/s1. The zero-order chi connectivity index (χ0) is 34.6. The van der Waals surface area contributed by atoms with Crippen molar-refractivity contribution in [3.8, 4) is 28.4 Å². The maximum absolute atomic E-state index is 14.8. The zero-order valence-corrected chi connectivity index (χ0v) is 28.3. The quantitative estimate of drug-likeness (QED) is 0.161. The number of nitrogens with zero attached hydrogens (tertiary/aromatic N) is 3. The number of hydrogen-bond donors (Lipinski definition) is 2. The van der Waals surface area contributed by atoms with Gasteiger partial charge in [0.2, 0.25) is 11.8 Å². The molecule has 1 fully saturated rings. The fourth-order valence-electron chi connectivity index (χ4n) is 5.26. The summed E-state index contributed by atoms with van der Waals surface area (Å²) in [6, 6.07) is 14.6. The van der Waals surface area contributed by atoms with Crippen molar-refractivity contribution in [3.63, 3.8) is 0 Å². The van der Waals surface area contributed by atoms with Crippen LogP contribution in [0.2, 0.25) is 10.0 Å². The van der Waals surface area contributed by atoms with E-state index in [2.05, 4.69) is 15.6 Å². The number of carbonyl (C=O) groups is 3. The van der Waals surface area contributed by atoms with Gasteiger partial charge in [0.05, 0.1) is 52.0 Å². The number of benzene rings is 2. The van der Waals surface area contributed by atoms with Crippen LogP contribution in [0.4, 0.5) is 20.6 Å². The summed E-state index contributed by atoms with van der Waals surface area (Å²) in [7, 11) is 1.48. The number of methoxy groups -OCH3 is 1. The van der Waals surface area contributed by atoms with Crippen molar-refractivity contribution in [1.29, 1.82) is 0 Å². The molecule has 2 aromatic heterocycles. The first-order valence-corrected chi connectivity index (χ1v) is 15.9. The van der Waals surface area contributed by atoms with Gasteiger partial charge in [0.1, 0.15) is 5.60 Å². The van der Waals surface area contributed by atoms with E-state index in [1.54, 1.807) is 69.4 Å². The number of anilines is 2. The molecule has 0 aliphatic carbocycles. The molecule has 3 heterocycles. The molecule has 2 N–H and O–H groups in total. The topological polar surface area (TPSA) is 123 Å². The summed E-state index contributed by atoms with van der Waals surface area (Å²) in [5, 5.41) is 6.35. The van der Waals surface area contributed by atoms with Gasteiger partial charge in [-0.2, -0.15) is 0 Å². The Morgan fingerprint density at radius 2 is 1.83 bits per heavy atom. The van der Waals surface area contributed by atoms with E-state index in [0.717, 1.165) is 0 Å². The number of aldehydes is 1. The van der Waals surface area contributed by atoms with Crippen LogP contribution in [-0.4, -0.2) is 58.5 Å². The van der Waals surface area contributed by atoms with E-state index in [1.807, 2.05) is 0 Å². The smallest absolute Gasteiger partial charge is 0.410 e. The van der Waals surface area contributed by atoms with Crippen molar-refractivity contribution >= 4 is 52.9 Å². The van der Waals surface area contributed by atoms with Crippen molar-refractivity contribution in [1.82, 2.24) is 20.2 Å². The van der Waals surface area contributed by atoms with Crippen LogP contribution in [0.5, 0.6) is 5.88 Å². The summed E-state index contributed by atoms with van der Waals surface area (Å²) in [6.07, 6.45) is 2.51. The van der Waals surface area contributed by atoms with Gasteiger partial charge in [0.25, 0.3) is 0 Å². The molecule has 13 heteroatoms. The van der Waals surface area contributed by atoms with Crippen LogP contribution in [0.1, 0.15) is 49.5 Å². The Morgan fingerprint density at radius 3 is 2.52 bits per heavy atom. The molecule has 0 saturated carbocycles. The van der Waals surface area contributed by atoms with Crippen LogP contribution >= 0.6 is 23.2 Å². The van der Waals surface area contributed by atoms with Crippen LogP contribution in [-0.2, 0) is 16.1 Å². The van der Waals surface area contributed by atoms with Crippen molar-refractivity contribution in [2.45, 2.75) is 51.8 Å². The maximum Gasteiger partial charge on any atom is 0.410 e. The second-order valence-corrected chi connectivity index (χ2v) is 12.9. The summed E-state index contributed by atoms with van der Waals surface area (Å²) in [6.45, 7) is 5.75. The van der Waals surface area contributed by atoms with E-state index in [1.165, 1.54) is 24.1 Å². The molecule has 0 bridgehead atoms. The van der Waals surface area contributed by atoms with Crippen LogP contribution in [0.25, 0.3) is 22.5 Å². The number of aromatic nitrogens is 2. The molecular weight excluding hydrogens is 660 g/mol. The van der Waals surface area contributed by atoms with Gasteiger partial charge in [-0.3, -0.25) is 14.6 Å². The molecular formula is C35H34Cl2FN5O5. The molecule has 0 spiro atoms. The lowest BCUT2D eigenvalue weighted by Gasteiger charge is -2.29. The number of hydrogen-bond acceptors (Lipinski definition) is 8. The van der Waals surface area contributed by atoms with Gasteiger partial charge in [-0.1, -0.05) is 41.4 Å². The number of carbonyl (C=O) groups excluding carboxylic acids is 3. The highest BCUT2D eigenvalue weighted by Gasteiger charge is 2.29. The Balaban J connectivity index is 1.44. The molecule has 0 unspecified atom stereocenters. The Morgan fingerprint density at radius 1 is 1.08 bits per heavy atom. The number of ether oxygens (including phenoxy) is 2. The average Bonchev–Trinajstić information content (AvgIpc) is 3.46. The number of rotatable bonds is 10. The second kappa shape index (κ2) is 14.6. The highest BCUT2D eigenvalue weighted by atomic mass is 35.5. The highest BCUT2D eigenvalue weighted by molar-refractivity contribution is 6.39. The number of pyridine rings is 2. The number of amides is 2. The van der Waals surface area contributed by atoms with Crippen LogP contribution in [0.15, 0.2) is 60.8 Å². The average molecular weight is 695 g/mol. The predicted octanol–water partition coefficient (Wildman–Crippen LogP) is 7.84. The molecule has 5 rings (SSSR count). The molecule has 1 saturated heterocycles. The maximum atomic E-state index is 14.8. The molecule has 2 amide bonds. The van der Waals surface area contributed by atoms with Gasteiger partial charge < -0.3 is 25.0 Å². The van der Waals surface area contributed by atoms with Gasteiger partial charge >= 0.3 is 6.09 Å². The Kier molecular flexibility index (Phi) is 10.5. The van der Waals surface area contributed by atoms with Crippen LogP contribution < -0.4 is 15.4 Å². The predicted molar refractivity (Wildman–Crippen MR) is 182 cm³/mol. The minimum Gasteiger partial charge on any atom is -0.481 e. The fraction of sp³-hybridized carbons (Fsp3) is 0.286. The van der Waals surface area contributed by atoms with Crippen molar-refractivity contribution in [3.05, 3.63) is 87.8 Å². The third kappa shape index (κ3) is 7.86. The lowest BCUT2D eigenvalue weighted by atomic mass is 10.0. The molecule has 10 nitrogen and oxygen atoms in total. The summed E-state index contributed by atoms with van der Waals surface area (Å²) >= 11 is 13.7. The van der Waals surface area contributed by atoms with Gasteiger partial charge in [-0.05, 0) is 63.6 Å². The molecule has 1 aliphatic heterocycles. The monoisotopic (exact) mass is 693 g/mol. The SMILES string of the molecule is COc1nc(-c2ccnc(-c3cccc(Nc4cccc(C=O)c4F)c3Cl)c2Cl)ccc1CN(C[C@@H]1CCC(=O)N1)C(=O)OC(C)(C)C. The largest absolute Gasteiger partial charge is 0.481 e. The van der Waals surface area contributed by atoms with E-state index < -0.39 is 17.5 Å². The second-order valence-electron chi connectivity index (χ2n) is 12.2. The lowest BCUT2D eigenvalue weighted by molar-refractivity contribution is -0.119. The number of halogens is 3. The van der Waals surface area contributed by atoms with Crippen LogP contribution in [0, 0.1) is 5.82 Å². The molecule has 2 aromatic carbocycles. The van der Waals surface area contributed by atoms with E-state index in [9.17, 15) is 18.8 Å². The van der Waals surface area contributed by atoms with E-state index >= 15 is 0 Å². The molecule has 1 aliphatic rings. The molecule has 4 aromatic rings. The summed E-state index contributed by atoms with van der Waals surface area (Å²) in [5.74, 6) is -0.478. The Hall–Kier alpha value is -4.74. The van der Waals surface area contributed by atoms with Gasteiger partial charge in [-0.25, -0.2) is 14.2 Å². The van der Waals surface area contributed by atoms with E-state index in [-0.39, 0.29) is 52.2 Å². The van der Waals surface area contributed by atoms with Crippen LogP contribution in [0.3, 0.4) is 0 Å². The highest BCUT2D eigenvalue weighted by Crippen LogP contribution is 2.41. The zero-order valence-electron chi connectivity index (χ0n) is 26.8. The van der Waals surface area contributed by atoms with Crippen molar-refractivity contribution in [2.75, 3.05) is 19.0 Å². The molecule has 0 radical (unpaired) electrons. The number of nitrogens with one attached hydrogen (secondary N) is 2. The van der Waals surface area contributed by atoms with Crippen molar-refractivity contribution in [2.24, 2.45) is 0 Å². The first kappa shape index (κ1) is 34.6. The minimum atomic E-state index is -0.716. The summed E-state index contributed by atoms with van der Waals surface area (Å²) in [4.78, 5) is 47.0. The van der Waals surface area contributed by atoms with E-state index in [4.69, 9.17) is 37.7 Å². The van der Waals surface area contributed by atoms with Gasteiger partial charge in [-0.15, -0.1) is 0 Å². The van der Waals surface area contributed by atoms with Crippen molar-refractivity contribution < 1.29 is 28.2 Å². The van der Waals surface area contributed by atoms with E-state index in [0.29, 0.717) is 52.9 Å². The first-order valence-electron chi connectivity index (χ1n) is 15.1. The third-order valence-corrected chi connectivity index (χ3v) is 8.30.